The zero-order valence-corrected chi connectivity index (χ0v) is 13.6. The minimum Gasteiger partial charge on any atom is -0.320 e. The Morgan fingerprint density at radius 2 is 2.20 bits per heavy atom. The molecule has 1 aromatic heterocycles. The zero-order chi connectivity index (χ0) is 14.9. The first-order chi connectivity index (χ1) is 9.29. The Kier molecular flexibility index (Phi) is 4.61. The van der Waals surface area contributed by atoms with Gasteiger partial charge in [-0.15, -0.1) is 0 Å². The van der Waals surface area contributed by atoms with Gasteiger partial charge < -0.3 is 4.90 Å². The first kappa shape index (κ1) is 15.6. The molecule has 1 saturated heterocycles. The number of thioether (sulfide) groups is 1. The third-order valence-electron chi connectivity index (χ3n) is 3.01. The number of halogens is 1. The molecule has 0 bridgehead atoms. The van der Waals surface area contributed by atoms with E-state index in [1.54, 1.807) is 24.8 Å². The highest BCUT2D eigenvalue weighted by molar-refractivity contribution is 8.00. The van der Waals surface area contributed by atoms with Crippen molar-refractivity contribution in [3.63, 3.8) is 0 Å². The van der Waals surface area contributed by atoms with Crippen LogP contribution >= 0.6 is 23.4 Å². The molecule has 0 aliphatic carbocycles. The summed E-state index contributed by atoms with van der Waals surface area (Å²) >= 11 is 7.40. The smallest absolute Gasteiger partial charge is 0.255 e. The minimum absolute atomic E-state index is 0.232. The molecule has 5 nitrogen and oxygen atoms in total. The molecular formula is C12H15ClN2O3S2. The Morgan fingerprint density at radius 1 is 1.50 bits per heavy atom. The van der Waals surface area contributed by atoms with Gasteiger partial charge in [-0.3, -0.25) is 4.79 Å². The summed E-state index contributed by atoms with van der Waals surface area (Å²) in [4.78, 5) is 17.9. The quantitative estimate of drug-likeness (QED) is 0.768. The second kappa shape index (κ2) is 5.91. The number of aryl methyl sites for hydroxylation is 1. The molecular weight excluding hydrogens is 320 g/mol. The normalized spacial score (nSPS) is 19.9. The van der Waals surface area contributed by atoms with Gasteiger partial charge in [0.15, 0.2) is 9.84 Å². The van der Waals surface area contributed by atoms with E-state index < -0.39 is 15.2 Å². The minimum atomic E-state index is -3.31. The van der Waals surface area contributed by atoms with E-state index in [2.05, 4.69) is 4.98 Å². The topological polar surface area (TPSA) is 67.3 Å². The molecule has 1 aliphatic heterocycles. The maximum atomic E-state index is 12.5. The zero-order valence-electron chi connectivity index (χ0n) is 11.2. The fraction of sp³-hybridized carbons (Fsp3) is 0.500. The van der Waals surface area contributed by atoms with Gasteiger partial charge in [-0.2, -0.15) is 11.8 Å². The van der Waals surface area contributed by atoms with Gasteiger partial charge in [0, 0.05) is 35.6 Å². The summed E-state index contributed by atoms with van der Waals surface area (Å²) < 4.78 is 23.6. The Morgan fingerprint density at radius 3 is 2.80 bits per heavy atom. The van der Waals surface area contributed by atoms with Crippen LogP contribution in [0.5, 0.6) is 0 Å². The summed E-state index contributed by atoms with van der Waals surface area (Å²) in [7, 11) is -3.31. The molecule has 2 rings (SSSR count). The predicted molar refractivity (Wildman–Crippen MR) is 81.0 cm³/mol. The van der Waals surface area contributed by atoms with E-state index in [0.717, 1.165) is 12.0 Å². The van der Waals surface area contributed by atoms with Crippen LogP contribution in [-0.2, 0) is 9.84 Å². The van der Waals surface area contributed by atoms with E-state index in [-0.39, 0.29) is 11.1 Å². The highest BCUT2D eigenvalue weighted by Gasteiger charge is 2.34. The number of aromatic nitrogens is 1. The maximum Gasteiger partial charge on any atom is 0.255 e. The van der Waals surface area contributed by atoms with Crippen LogP contribution in [0.4, 0.5) is 0 Å². The molecule has 0 N–H and O–H groups in total. The van der Waals surface area contributed by atoms with Crippen LogP contribution in [0.15, 0.2) is 12.1 Å². The number of carbonyl (C=O) groups excluding carboxylic acids is 1. The molecule has 1 fully saturated rings. The van der Waals surface area contributed by atoms with Gasteiger partial charge in [0.1, 0.15) is 10.5 Å². The fourth-order valence-corrected chi connectivity index (χ4v) is 5.15. The SMILES string of the molecule is Cc1cc(C(=O)N2CCSCC2S(C)(=O)=O)cc(Cl)n1. The van der Waals surface area contributed by atoms with E-state index in [1.807, 2.05) is 0 Å². The Hall–Kier alpha value is -0.790. The lowest BCUT2D eigenvalue weighted by atomic mass is 10.2. The van der Waals surface area contributed by atoms with Crippen LogP contribution in [-0.4, -0.2) is 53.9 Å². The van der Waals surface area contributed by atoms with Crippen molar-refractivity contribution in [1.29, 1.82) is 0 Å². The highest BCUT2D eigenvalue weighted by Crippen LogP contribution is 2.23. The molecule has 0 radical (unpaired) electrons. The van der Waals surface area contributed by atoms with Gasteiger partial charge in [-0.05, 0) is 19.1 Å². The summed E-state index contributed by atoms with van der Waals surface area (Å²) in [5.41, 5.74) is 1.01. The lowest BCUT2D eigenvalue weighted by Gasteiger charge is -2.34. The lowest BCUT2D eigenvalue weighted by molar-refractivity contribution is 0.0749. The number of pyridine rings is 1. The van der Waals surface area contributed by atoms with E-state index in [0.29, 0.717) is 23.6 Å². The summed E-state index contributed by atoms with van der Waals surface area (Å²) in [6, 6.07) is 3.09. The van der Waals surface area contributed by atoms with Gasteiger partial charge in [-0.25, -0.2) is 13.4 Å². The van der Waals surface area contributed by atoms with E-state index in [4.69, 9.17) is 11.6 Å². The number of hydrogen-bond acceptors (Lipinski definition) is 5. The van der Waals surface area contributed by atoms with Crippen LogP contribution in [0.1, 0.15) is 16.1 Å². The first-order valence-corrected chi connectivity index (χ1v) is 9.49. The monoisotopic (exact) mass is 334 g/mol. The van der Waals surface area contributed by atoms with E-state index in [9.17, 15) is 13.2 Å². The van der Waals surface area contributed by atoms with E-state index >= 15 is 0 Å². The third kappa shape index (κ3) is 3.45. The fourth-order valence-electron chi connectivity index (χ4n) is 2.09. The first-order valence-electron chi connectivity index (χ1n) is 6.01. The summed E-state index contributed by atoms with van der Waals surface area (Å²) in [6.07, 6.45) is 1.16. The average molecular weight is 335 g/mol. The van der Waals surface area contributed by atoms with Crippen molar-refractivity contribution >= 4 is 39.1 Å². The van der Waals surface area contributed by atoms with Crippen molar-refractivity contribution in [2.45, 2.75) is 12.3 Å². The van der Waals surface area contributed by atoms with Crippen molar-refractivity contribution in [2.24, 2.45) is 0 Å². The Balaban J connectivity index is 2.35. The number of rotatable bonds is 2. The lowest BCUT2D eigenvalue weighted by Crippen LogP contribution is -2.49. The molecule has 2 heterocycles. The predicted octanol–water partition coefficient (Wildman–Crippen LogP) is 1.60. The van der Waals surface area contributed by atoms with Crippen molar-refractivity contribution in [3.05, 3.63) is 28.5 Å². The standard InChI is InChI=1S/C12H15ClN2O3S2/c1-8-5-9(6-10(13)14-8)12(16)15-3-4-19-7-11(15)20(2,17)18/h5-6,11H,3-4,7H2,1-2H3. The molecule has 1 aliphatic rings. The molecule has 0 aromatic carbocycles. The molecule has 110 valence electrons. The Bertz CT molecular complexity index is 613. The van der Waals surface area contributed by atoms with Crippen LogP contribution < -0.4 is 0 Å². The van der Waals surface area contributed by atoms with Gasteiger partial charge >= 0.3 is 0 Å². The molecule has 20 heavy (non-hydrogen) atoms. The van der Waals surface area contributed by atoms with Crippen molar-refractivity contribution in [2.75, 3.05) is 24.3 Å². The van der Waals surface area contributed by atoms with Gasteiger partial charge in [0.05, 0.1) is 0 Å². The highest BCUT2D eigenvalue weighted by atomic mass is 35.5. The van der Waals surface area contributed by atoms with Gasteiger partial charge in [-0.1, -0.05) is 11.6 Å². The van der Waals surface area contributed by atoms with Gasteiger partial charge in [0.25, 0.3) is 5.91 Å². The van der Waals surface area contributed by atoms with Crippen LogP contribution in [0, 0.1) is 6.92 Å². The van der Waals surface area contributed by atoms with Crippen LogP contribution in [0.25, 0.3) is 0 Å². The summed E-state index contributed by atoms with van der Waals surface area (Å²) in [5, 5.41) is -0.545. The summed E-state index contributed by atoms with van der Waals surface area (Å²) in [6.45, 7) is 2.16. The average Bonchev–Trinajstić information content (AvgIpc) is 2.35. The van der Waals surface area contributed by atoms with Crippen molar-refractivity contribution in [3.8, 4) is 0 Å². The molecule has 0 spiro atoms. The van der Waals surface area contributed by atoms with Crippen LogP contribution in [0.3, 0.4) is 0 Å². The number of nitrogens with zero attached hydrogens (tertiary/aromatic N) is 2. The van der Waals surface area contributed by atoms with Crippen LogP contribution in [0.2, 0.25) is 5.15 Å². The van der Waals surface area contributed by atoms with Gasteiger partial charge in [0.2, 0.25) is 0 Å². The summed E-state index contributed by atoms with van der Waals surface area (Å²) in [5.74, 6) is 0.825. The van der Waals surface area contributed by atoms with E-state index in [1.165, 1.54) is 11.0 Å². The van der Waals surface area contributed by atoms with Crippen molar-refractivity contribution in [1.82, 2.24) is 9.88 Å². The number of hydrogen-bond donors (Lipinski definition) is 0. The second-order valence-corrected chi connectivity index (χ2v) is 8.42. The van der Waals surface area contributed by atoms with Crippen molar-refractivity contribution < 1.29 is 13.2 Å². The third-order valence-corrected chi connectivity index (χ3v) is 5.85. The molecule has 0 saturated carbocycles. The molecule has 1 aromatic rings. The number of sulfone groups is 1. The largest absolute Gasteiger partial charge is 0.320 e. The Labute approximate surface area is 127 Å². The number of amides is 1. The molecule has 1 unspecified atom stereocenters. The molecule has 1 atom stereocenters. The maximum absolute atomic E-state index is 12.5. The molecule has 8 heteroatoms. The molecule has 1 amide bonds. The second-order valence-electron chi connectivity index (χ2n) is 4.68. The number of carbonyl (C=O) groups is 1.